The molecule has 0 aromatic heterocycles. The number of carbonyl (C=O) groups is 8. The minimum Gasteiger partial charge on any atom is -0.404 e. The van der Waals surface area contributed by atoms with Crippen LogP contribution in [0.4, 0.5) is 0 Å². The fourth-order valence-electron chi connectivity index (χ4n) is 8.49. The lowest BCUT2D eigenvalue weighted by Gasteiger charge is -2.35. The second-order valence-corrected chi connectivity index (χ2v) is 19.7. The molecule has 4 fully saturated rings. The van der Waals surface area contributed by atoms with E-state index in [1.54, 1.807) is 32.6 Å². The highest BCUT2D eigenvalue weighted by Crippen LogP contribution is 2.38. The molecule has 0 aliphatic carbocycles. The zero-order valence-electron chi connectivity index (χ0n) is 36.8. The Morgan fingerprint density at radius 3 is 1.94 bits per heavy atom. The van der Waals surface area contributed by atoms with Crippen LogP contribution in [0.15, 0.2) is 24.3 Å². The molecule has 8 atom stereocenters. The van der Waals surface area contributed by atoms with Crippen molar-refractivity contribution in [3.05, 3.63) is 29.8 Å². The van der Waals surface area contributed by atoms with Crippen LogP contribution in [0.3, 0.4) is 0 Å². The summed E-state index contributed by atoms with van der Waals surface area (Å²) in [7, 11) is -4.88. The lowest BCUT2D eigenvalue weighted by atomic mass is 9.99. The highest BCUT2D eigenvalue weighted by atomic mass is 31.2. The average molecular weight is 920 g/mol. The van der Waals surface area contributed by atoms with Crippen molar-refractivity contribution in [2.75, 3.05) is 19.6 Å². The maximum absolute atomic E-state index is 14.5. The van der Waals surface area contributed by atoms with Crippen LogP contribution in [0.2, 0.25) is 0 Å². The number of nitrogens with one attached hydrogen (secondary N) is 5. The first-order valence-electron chi connectivity index (χ1n) is 21.4. The molecule has 1 aromatic carbocycles. The molecule has 356 valence electrons. The predicted octanol–water partition coefficient (Wildman–Crippen LogP) is -0.574. The van der Waals surface area contributed by atoms with Gasteiger partial charge >= 0.3 is 7.82 Å². The quantitative estimate of drug-likeness (QED) is 0.114. The van der Waals surface area contributed by atoms with Crippen LogP contribution in [-0.2, 0) is 49.3 Å². The lowest BCUT2D eigenvalue weighted by molar-refractivity contribution is -0.145. The second-order valence-electron chi connectivity index (χ2n) is 18.5. The van der Waals surface area contributed by atoms with E-state index in [0.29, 0.717) is 37.8 Å². The van der Waals surface area contributed by atoms with Crippen molar-refractivity contribution in [1.29, 1.82) is 0 Å². The zero-order chi connectivity index (χ0) is 46.7. The van der Waals surface area contributed by atoms with Crippen LogP contribution in [0, 0.1) is 11.8 Å². The van der Waals surface area contributed by atoms with E-state index in [-0.39, 0.29) is 38.6 Å². The maximum Gasteiger partial charge on any atom is 0.524 e. The van der Waals surface area contributed by atoms with Gasteiger partial charge in [-0.1, -0.05) is 47.3 Å². The summed E-state index contributed by atoms with van der Waals surface area (Å²) in [6.07, 6.45) is 0.802. The van der Waals surface area contributed by atoms with E-state index in [4.69, 9.17) is 5.73 Å². The SMILES string of the molecule is C.CC(C)C1NC(=O)[C@H](Cc2ccc(OP(=O)(O)O)cc2)NC(=O)C2CCCN2C(C(=O)NC(C)(C)C)C2CN2C(=O)C2CCCN2C(=O)C(C(C)C)NC(=O)C(CC(N)=O)NC1=O. The van der Waals surface area contributed by atoms with Gasteiger partial charge in [-0.05, 0) is 82.5 Å². The molecule has 4 saturated heterocycles. The molecule has 4 heterocycles. The van der Waals surface area contributed by atoms with Gasteiger partial charge in [-0.25, -0.2) is 4.57 Å². The molecule has 5 rings (SSSR count). The molecule has 4 aliphatic rings. The molecular weight excluding hydrogens is 853 g/mol. The highest BCUT2D eigenvalue weighted by molar-refractivity contribution is 7.46. The van der Waals surface area contributed by atoms with Gasteiger partial charge in [0.1, 0.15) is 42.0 Å². The van der Waals surface area contributed by atoms with Crippen molar-refractivity contribution in [1.82, 2.24) is 41.3 Å². The first-order chi connectivity index (χ1) is 29.3. The van der Waals surface area contributed by atoms with Gasteiger partial charge in [0.05, 0.1) is 18.5 Å². The van der Waals surface area contributed by atoms with Crippen LogP contribution >= 0.6 is 7.82 Å². The summed E-state index contributed by atoms with van der Waals surface area (Å²) in [5, 5.41) is 13.7. The fourth-order valence-corrected chi connectivity index (χ4v) is 8.89. The van der Waals surface area contributed by atoms with Crippen LogP contribution in [0.5, 0.6) is 5.75 Å². The number of nitrogens with two attached hydrogens (primary N) is 1. The van der Waals surface area contributed by atoms with E-state index in [1.165, 1.54) is 34.1 Å². The van der Waals surface area contributed by atoms with Crippen LogP contribution < -0.4 is 36.8 Å². The van der Waals surface area contributed by atoms with Crippen molar-refractivity contribution in [3.8, 4) is 5.75 Å². The Morgan fingerprint density at radius 1 is 0.797 bits per heavy atom. The van der Waals surface area contributed by atoms with Gasteiger partial charge in [-0.3, -0.25) is 53.0 Å². The number of phosphoric acid groups is 1. The Hall–Kier alpha value is -5.11. The molecule has 0 radical (unpaired) electrons. The van der Waals surface area contributed by atoms with E-state index in [0.717, 1.165) is 0 Å². The molecule has 64 heavy (non-hydrogen) atoms. The first-order valence-corrected chi connectivity index (χ1v) is 22.9. The topological polar surface area (TPSA) is 299 Å². The van der Waals surface area contributed by atoms with E-state index in [2.05, 4.69) is 31.1 Å². The Morgan fingerprint density at radius 2 is 1.36 bits per heavy atom. The molecule has 0 bridgehead atoms. The molecule has 22 heteroatoms. The summed E-state index contributed by atoms with van der Waals surface area (Å²) in [6, 6.07) is -3.49. The summed E-state index contributed by atoms with van der Waals surface area (Å²) in [5.74, 6) is -6.73. The summed E-state index contributed by atoms with van der Waals surface area (Å²) in [4.78, 5) is 135. The van der Waals surface area contributed by atoms with Gasteiger partial charge in [0.25, 0.3) is 0 Å². The van der Waals surface area contributed by atoms with Crippen molar-refractivity contribution in [2.45, 2.75) is 148 Å². The minimum atomic E-state index is -4.88. The minimum absolute atomic E-state index is 0. The summed E-state index contributed by atoms with van der Waals surface area (Å²) in [5.41, 5.74) is 5.25. The monoisotopic (exact) mass is 919 g/mol. The summed E-state index contributed by atoms with van der Waals surface area (Å²) in [6.45, 7) is 12.8. The third kappa shape index (κ3) is 13.0. The largest absolute Gasteiger partial charge is 0.524 e. The number of hydrogen-bond donors (Lipinski definition) is 8. The molecule has 0 spiro atoms. The van der Waals surface area contributed by atoms with E-state index in [9.17, 15) is 52.7 Å². The smallest absolute Gasteiger partial charge is 0.404 e. The molecule has 1 aromatic rings. The molecule has 9 N–H and O–H groups in total. The van der Waals surface area contributed by atoms with Crippen molar-refractivity contribution < 1.29 is 57.2 Å². The molecular formula is C42H66N9O12P. The van der Waals surface area contributed by atoms with E-state index in [1.807, 2.05) is 20.8 Å². The van der Waals surface area contributed by atoms with Gasteiger partial charge in [-0.2, -0.15) is 0 Å². The molecule has 0 saturated carbocycles. The van der Waals surface area contributed by atoms with Gasteiger partial charge in [0, 0.05) is 25.0 Å². The van der Waals surface area contributed by atoms with Crippen molar-refractivity contribution in [3.63, 3.8) is 0 Å². The molecule has 21 nitrogen and oxygen atoms in total. The third-order valence-corrected chi connectivity index (χ3v) is 12.0. The molecule has 7 unspecified atom stereocenters. The summed E-state index contributed by atoms with van der Waals surface area (Å²) < 4.78 is 16.1. The third-order valence-electron chi connectivity index (χ3n) is 11.6. The van der Waals surface area contributed by atoms with Crippen molar-refractivity contribution in [2.24, 2.45) is 17.6 Å². The molecule has 8 amide bonds. The van der Waals surface area contributed by atoms with Gasteiger partial charge in [0.15, 0.2) is 0 Å². The Kier molecular flexibility index (Phi) is 16.8. The Balaban J connectivity index is 0.00000898. The number of hydrogen-bond acceptors (Lipinski definition) is 11. The summed E-state index contributed by atoms with van der Waals surface area (Å²) >= 11 is 0. The number of amides is 8. The fraction of sp³-hybridized carbons (Fsp3) is 0.667. The lowest BCUT2D eigenvalue weighted by Crippen LogP contribution is -2.62. The normalized spacial score (nSPS) is 27.8. The number of benzene rings is 1. The van der Waals surface area contributed by atoms with Crippen molar-refractivity contribution >= 4 is 55.1 Å². The number of fused-ring (bicyclic) bond motifs is 3. The average Bonchev–Trinajstić information content (AvgIpc) is 3.52. The van der Waals surface area contributed by atoms with E-state index < -0.39 is 121 Å². The van der Waals surface area contributed by atoms with E-state index >= 15 is 0 Å². The van der Waals surface area contributed by atoms with Crippen LogP contribution in [-0.4, -0.2) is 145 Å². The number of rotatable bonds is 9. The predicted molar refractivity (Wildman–Crippen MR) is 232 cm³/mol. The number of primary amides is 1. The van der Waals surface area contributed by atoms with Crippen LogP contribution in [0.1, 0.15) is 93.6 Å². The number of nitrogens with zero attached hydrogens (tertiary/aromatic N) is 3. The molecule has 4 aliphatic heterocycles. The first kappa shape index (κ1) is 51.5. The number of phosphoric ester groups is 1. The van der Waals surface area contributed by atoms with Gasteiger partial charge < -0.3 is 46.6 Å². The zero-order valence-corrected chi connectivity index (χ0v) is 37.7. The van der Waals surface area contributed by atoms with Gasteiger partial charge in [-0.15, -0.1) is 0 Å². The highest BCUT2D eigenvalue weighted by Gasteiger charge is 2.55. The second kappa shape index (κ2) is 20.8. The van der Waals surface area contributed by atoms with Gasteiger partial charge in [0.2, 0.25) is 47.3 Å². The van der Waals surface area contributed by atoms with Crippen LogP contribution in [0.25, 0.3) is 0 Å². The Bertz CT molecular complexity index is 1990. The Labute approximate surface area is 373 Å². The standard InChI is InChI=1S/C41H62N9O12P.CH4/c1-21(2)31-37(55)44-26(19-30(42)51)35(53)46-32(22(3)4)40(58)49-17-9-11-28(49)39(57)50-20-29(50)33(38(56)47-41(5,6)7)48-16-8-10-27(48)36(54)43-25(34(52)45-31)18-23-12-14-24(15-13-23)62-63(59,60)61;/h12-15,21-22,25-29,31-33H,8-11,16-20H2,1-7H3,(H2,42,51)(H,43,54)(H,44,55)(H,45,52)(H,46,53)(H,47,56)(H2,59,60,61);1H4/t25-,26?,27?,28?,29?,31?,32?,33?,50?;/m0./s1. The number of carbonyl (C=O) groups excluding carboxylic acids is 8. The maximum atomic E-state index is 14.5.